The zero-order valence-electron chi connectivity index (χ0n) is 13.4. The third-order valence-electron chi connectivity index (χ3n) is 3.37. The number of amides is 1. The van der Waals surface area contributed by atoms with E-state index in [2.05, 4.69) is 20.6 Å². The van der Waals surface area contributed by atoms with Crippen LogP contribution in [0, 0.1) is 5.82 Å². The number of para-hydroxylation sites is 2. The fraction of sp³-hybridized carbons (Fsp3) is 0.0556. The van der Waals surface area contributed by atoms with Crippen LogP contribution in [0.3, 0.4) is 0 Å². The molecule has 0 spiro atoms. The Balaban J connectivity index is 1.69. The van der Waals surface area contributed by atoms with Gasteiger partial charge < -0.3 is 15.4 Å². The van der Waals surface area contributed by atoms with Gasteiger partial charge in [0.15, 0.2) is 0 Å². The Kier molecular flexibility index (Phi) is 4.84. The number of halogens is 1. The first-order valence-corrected chi connectivity index (χ1v) is 7.45. The van der Waals surface area contributed by atoms with Crippen molar-refractivity contribution in [2.75, 3.05) is 17.7 Å². The number of hydrogen-bond acceptors (Lipinski definition) is 5. The van der Waals surface area contributed by atoms with Crippen molar-refractivity contribution in [2.45, 2.75) is 0 Å². The lowest BCUT2D eigenvalue weighted by Gasteiger charge is -2.10. The molecule has 0 unspecified atom stereocenters. The van der Waals surface area contributed by atoms with Crippen LogP contribution in [0.15, 0.2) is 60.9 Å². The van der Waals surface area contributed by atoms with Crippen molar-refractivity contribution in [3.8, 4) is 5.75 Å². The molecule has 0 aliphatic carbocycles. The summed E-state index contributed by atoms with van der Waals surface area (Å²) in [5.74, 6) is 0.194. The molecule has 0 aliphatic heterocycles. The van der Waals surface area contributed by atoms with Crippen LogP contribution in [-0.2, 0) is 0 Å². The normalized spacial score (nSPS) is 10.2. The van der Waals surface area contributed by atoms with E-state index in [-0.39, 0.29) is 11.7 Å². The van der Waals surface area contributed by atoms with Gasteiger partial charge in [-0.2, -0.15) is 0 Å². The van der Waals surface area contributed by atoms with Gasteiger partial charge in [-0.3, -0.25) is 4.79 Å². The number of carbonyl (C=O) groups excluding carboxylic acids is 1. The highest BCUT2D eigenvalue weighted by molar-refractivity contribution is 6.04. The first kappa shape index (κ1) is 16.4. The minimum Gasteiger partial charge on any atom is -0.495 e. The first-order chi connectivity index (χ1) is 12.2. The van der Waals surface area contributed by atoms with Crippen molar-refractivity contribution in [1.29, 1.82) is 0 Å². The minimum absolute atomic E-state index is 0.301. The van der Waals surface area contributed by atoms with Crippen LogP contribution >= 0.6 is 0 Å². The number of methoxy groups -OCH3 is 1. The Hall–Kier alpha value is -3.48. The van der Waals surface area contributed by atoms with Crippen molar-refractivity contribution in [3.05, 3.63) is 72.3 Å². The number of benzene rings is 2. The van der Waals surface area contributed by atoms with Gasteiger partial charge in [-0.1, -0.05) is 12.1 Å². The van der Waals surface area contributed by atoms with Gasteiger partial charge in [0.2, 0.25) is 5.95 Å². The van der Waals surface area contributed by atoms with Crippen LogP contribution in [0.4, 0.5) is 21.7 Å². The number of nitrogens with zero attached hydrogens (tertiary/aromatic N) is 2. The van der Waals surface area contributed by atoms with E-state index in [0.29, 0.717) is 28.6 Å². The number of carbonyl (C=O) groups is 1. The molecule has 0 saturated carbocycles. The van der Waals surface area contributed by atoms with Gasteiger partial charge in [0.25, 0.3) is 5.91 Å². The Bertz CT molecular complexity index is 867. The summed E-state index contributed by atoms with van der Waals surface area (Å²) >= 11 is 0. The Morgan fingerprint density at radius 2 is 1.72 bits per heavy atom. The lowest BCUT2D eigenvalue weighted by atomic mass is 10.2. The number of hydrogen-bond donors (Lipinski definition) is 2. The molecule has 0 fully saturated rings. The van der Waals surface area contributed by atoms with E-state index in [9.17, 15) is 9.18 Å². The molecule has 1 heterocycles. The molecule has 0 aliphatic rings. The largest absolute Gasteiger partial charge is 0.495 e. The predicted octanol–water partition coefficient (Wildman–Crippen LogP) is 3.62. The second-order valence-corrected chi connectivity index (χ2v) is 5.08. The van der Waals surface area contributed by atoms with Crippen LogP contribution in [0.2, 0.25) is 0 Å². The zero-order chi connectivity index (χ0) is 17.6. The van der Waals surface area contributed by atoms with Crippen LogP contribution < -0.4 is 15.4 Å². The number of aromatic nitrogens is 2. The van der Waals surface area contributed by atoms with Gasteiger partial charge in [0, 0.05) is 18.1 Å². The van der Waals surface area contributed by atoms with Gasteiger partial charge >= 0.3 is 0 Å². The van der Waals surface area contributed by atoms with E-state index >= 15 is 0 Å². The van der Waals surface area contributed by atoms with Crippen molar-refractivity contribution < 1.29 is 13.9 Å². The van der Waals surface area contributed by atoms with Crippen LogP contribution in [-0.4, -0.2) is 23.0 Å². The van der Waals surface area contributed by atoms with Gasteiger partial charge in [0.05, 0.1) is 18.4 Å². The summed E-state index contributed by atoms with van der Waals surface area (Å²) in [5.41, 5.74) is 1.51. The Labute approximate surface area is 143 Å². The third-order valence-corrected chi connectivity index (χ3v) is 3.37. The number of rotatable bonds is 5. The highest BCUT2D eigenvalue weighted by atomic mass is 19.1. The monoisotopic (exact) mass is 338 g/mol. The third kappa shape index (κ3) is 4.08. The first-order valence-electron chi connectivity index (χ1n) is 7.45. The maximum atomic E-state index is 12.9. The number of ether oxygens (including phenoxy) is 1. The Morgan fingerprint density at radius 1 is 1.04 bits per heavy atom. The molecular formula is C18H15FN4O2. The maximum Gasteiger partial charge on any atom is 0.258 e. The minimum atomic E-state index is -0.349. The van der Waals surface area contributed by atoms with Gasteiger partial charge in [-0.25, -0.2) is 14.4 Å². The average Bonchev–Trinajstić information content (AvgIpc) is 2.64. The highest BCUT2D eigenvalue weighted by Gasteiger charge is 2.10. The molecule has 2 aromatic carbocycles. The molecule has 3 aromatic rings. The SMILES string of the molecule is COc1ccccc1NC(=O)c1cnc(Nc2ccc(F)cc2)nc1. The van der Waals surface area contributed by atoms with Gasteiger partial charge in [-0.15, -0.1) is 0 Å². The van der Waals surface area contributed by atoms with E-state index in [1.54, 1.807) is 30.3 Å². The van der Waals surface area contributed by atoms with Crippen molar-refractivity contribution in [3.63, 3.8) is 0 Å². The fourth-order valence-corrected chi connectivity index (χ4v) is 2.11. The quantitative estimate of drug-likeness (QED) is 0.743. The fourth-order valence-electron chi connectivity index (χ4n) is 2.11. The molecule has 7 heteroatoms. The van der Waals surface area contributed by atoms with Crippen molar-refractivity contribution in [2.24, 2.45) is 0 Å². The molecule has 126 valence electrons. The van der Waals surface area contributed by atoms with Gasteiger partial charge in [0.1, 0.15) is 11.6 Å². The zero-order valence-corrected chi connectivity index (χ0v) is 13.4. The summed E-state index contributed by atoms with van der Waals surface area (Å²) in [4.78, 5) is 20.5. The highest BCUT2D eigenvalue weighted by Crippen LogP contribution is 2.23. The smallest absolute Gasteiger partial charge is 0.258 e. The molecule has 3 rings (SSSR count). The summed E-state index contributed by atoms with van der Waals surface area (Å²) in [5, 5.41) is 5.67. The van der Waals surface area contributed by atoms with Crippen LogP contribution in [0.1, 0.15) is 10.4 Å². The number of nitrogens with one attached hydrogen (secondary N) is 2. The Morgan fingerprint density at radius 3 is 2.40 bits per heavy atom. The van der Waals surface area contributed by atoms with E-state index < -0.39 is 0 Å². The maximum absolute atomic E-state index is 12.9. The molecule has 2 N–H and O–H groups in total. The molecule has 25 heavy (non-hydrogen) atoms. The van der Waals surface area contributed by atoms with Crippen molar-refractivity contribution in [1.82, 2.24) is 9.97 Å². The summed E-state index contributed by atoms with van der Waals surface area (Å²) in [6, 6.07) is 12.9. The topological polar surface area (TPSA) is 76.1 Å². The summed E-state index contributed by atoms with van der Waals surface area (Å²) < 4.78 is 18.1. The summed E-state index contributed by atoms with van der Waals surface area (Å²) in [7, 11) is 1.53. The average molecular weight is 338 g/mol. The molecule has 0 atom stereocenters. The molecule has 0 saturated heterocycles. The molecule has 1 aromatic heterocycles. The summed E-state index contributed by atoms with van der Waals surface area (Å²) in [6.07, 6.45) is 2.81. The molecular weight excluding hydrogens is 323 g/mol. The van der Waals surface area contributed by atoms with E-state index in [1.165, 1.54) is 31.6 Å². The van der Waals surface area contributed by atoms with E-state index in [1.807, 2.05) is 6.07 Å². The standard InChI is InChI=1S/C18H15FN4O2/c1-25-16-5-3-2-4-15(16)23-17(24)12-10-20-18(21-11-12)22-14-8-6-13(19)7-9-14/h2-11H,1H3,(H,23,24)(H,20,21,22). The molecule has 0 radical (unpaired) electrons. The van der Waals surface area contributed by atoms with Crippen molar-refractivity contribution >= 4 is 23.2 Å². The van der Waals surface area contributed by atoms with Crippen LogP contribution in [0.5, 0.6) is 5.75 Å². The van der Waals surface area contributed by atoms with E-state index in [0.717, 1.165) is 0 Å². The van der Waals surface area contributed by atoms with E-state index in [4.69, 9.17) is 4.74 Å². The lowest BCUT2D eigenvalue weighted by Crippen LogP contribution is -2.13. The predicted molar refractivity (Wildman–Crippen MR) is 92.7 cm³/mol. The molecule has 0 bridgehead atoms. The second-order valence-electron chi connectivity index (χ2n) is 5.08. The molecule has 6 nitrogen and oxygen atoms in total. The second kappa shape index (κ2) is 7.39. The van der Waals surface area contributed by atoms with Crippen LogP contribution in [0.25, 0.3) is 0 Å². The molecule has 1 amide bonds. The lowest BCUT2D eigenvalue weighted by molar-refractivity contribution is 0.102. The van der Waals surface area contributed by atoms with Gasteiger partial charge in [-0.05, 0) is 36.4 Å². The summed E-state index contributed by atoms with van der Waals surface area (Å²) in [6.45, 7) is 0. The number of anilines is 3.